The smallest absolute Gasteiger partial charge is 0.0727 e. The fourth-order valence-electron chi connectivity index (χ4n) is 14.5. The normalized spacial score (nSPS) is 13.9. The summed E-state index contributed by atoms with van der Waals surface area (Å²) in [5.41, 5.74) is 26.8. The second-order valence-corrected chi connectivity index (χ2v) is 23.3. The number of aromatic nitrogens is 1. The lowest BCUT2D eigenvalue weighted by molar-refractivity contribution is 0.660. The van der Waals surface area contributed by atoms with E-state index in [2.05, 4.69) is 290 Å². The minimum Gasteiger partial charge on any atom is -0.310 e. The summed E-state index contributed by atoms with van der Waals surface area (Å²) in [6.07, 6.45) is 0. The lowest BCUT2D eigenvalue weighted by atomic mass is 9.70. The van der Waals surface area contributed by atoms with Crippen LogP contribution in [-0.4, -0.2) is 4.57 Å². The van der Waals surface area contributed by atoms with Crippen molar-refractivity contribution in [1.82, 2.24) is 4.57 Å². The fraction of sp³-hybridized carbons (Fsp3) is 0.0526. The molecule has 0 amide bonds. The molecular formula is C76H50N2S. The Bertz CT molecular complexity index is 4820. The van der Waals surface area contributed by atoms with Gasteiger partial charge < -0.3 is 9.47 Å². The number of rotatable bonds is 6. The van der Waals surface area contributed by atoms with Gasteiger partial charge in [-0.05, 0) is 156 Å². The van der Waals surface area contributed by atoms with Gasteiger partial charge in [-0.15, -0.1) is 11.3 Å². The predicted molar refractivity (Wildman–Crippen MR) is 333 cm³/mol. The van der Waals surface area contributed by atoms with Crippen LogP contribution in [0.3, 0.4) is 0 Å². The van der Waals surface area contributed by atoms with E-state index in [0.29, 0.717) is 0 Å². The number of nitrogens with zero attached hydrogens (tertiary/aromatic N) is 2. The number of fused-ring (bicyclic) bond motifs is 20. The summed E-state index contributed by atoms with van der Waals surface area (Å²) in [5, 5.41) is 5.12. The Hall–Kier alpha value is -9.54. The van der Waals surface area contributed by atoms with E-state index in [1.807, 2.05) is 11.3 Å². The van der Waals surface area contributed by atoms with Gasteiger partial charge in [-0.25, -0.2) is 0 Å². The van der Waals surface area contributed by atoms with Crippen molar-refractivity contribution in [3.05, 3.63) is 300 Å². The van der Waals surface area contributed by atoms with Crippen molar-refractivity contribution in [1.29, 1.82) is 0 Å². The van der Waals surface area contributed by atoms with Gasteiger partial charge in [0.2, 0.25) is 0 Å². The quantitative estimate of drug-likeness (QED) is 0.161. The highest BCUT2D eigenvalue weighted by molar-refractivity contribution is 7.26. The van der Waals surface area contributed by atoms with Gasteiger partial charge in [-0.1, -0.05) is 214 Å². The lowest BCUT2D eigenvalue weighted by Gasteiger charge is -2.33. The van der Waals surface area contributed by atoms with Crippen LogP contribution in [0.25, 0.3) is 103 Å². The van der Waals surface area contributed by atoms with E-state index in [9.17, 15) is 0 Å². The largest absolute Gasteiger partial charge is 0.310 e. The molecule has 3 heteroatoms. The first kappa shape index (κ1) is 44.6. The van der Waals surface area contributed by atoms with Gasteiger partial charge in [0.15, 0.2) is 0 Å². The third kappa shape index (κ3) is 6.11. The molecule has 0 aliphatic heterocycles. The summed E-state index contributed by atoms with van der Waals surface area (Å²) < 4.78 is 5.17. The molecule has 2 heterocycles. The third-order valence-corrected chi connectivity index (χ3v) is 19.2. The van der Waals surface area contributed by atoms with Crippen molar-refractivity contribution in [2.45, 2.75) is 24.7 Å². The first-order valence-electron chi connectivity index (χ1n) is 27.6. The van der Waals surface area contributed by atoms with Crippen LogP contribution in [0.15, 0.2) is 267 Å². The molecule has 14 aromatic rings. The van der Waals surface area contributed by atoms with Crippen LogP contribution in [-0.2, 0) is 10.8 Å². The highest BCUT2D eigenvalue weighted by Gasteiger charge is 2.53. The zero-order chi connectivity index (χ0) is 52.1. The molecule has 0 N–H and O–H groups in total. The molecule has 0 unspecified atom stereocenters. The summed E-state index contributed by atoms with van der Waals surface area (Å²) in [5.74, 6) is 0. The molecular weight excluding hydrogens is 973 g/mol. The molecule has 0 fully saturated rings. The Morgan fingerprint density at radius 1 is 0.342 bits per heavy atom. The minimum absolute atomic E-state index is 0.168. The van der Waals surface area contributed by atoms with E-state index < -0.39 is 5.41 Å². The number of thiophene rings is 1. The second kappa shape index (κ2) is 16.5. The second-order valence-electron chi connectivity index (χ2n) is 22.3. The molecule has 12 aromatic carbocycles. The highest BCUT2D eigenvalue weighted by Crippen LogP contribution is 2.66. The number of benzene rings is 12. The van der Waals surface area contributed by atoms with Crippen LogP contribution in [0.5, 0.6) is 0 Å². The van der Waals surface area contributed by atoms with Gasteiger partial charge in [0.1, 0.15) is 0 Å². The molecule has 2 aromatic heterocycles. The number of para-hydroxylation sites is 1. The molecule has 0 saturated carbocycles. The Balaban J connectivity index is 0.961. The lowest BCUT2D eigenvalue weighted by Crippen LogP contribution is -2.26. The monoisotopic (exact) mass is 1020 g/mol. The van der Waals surface area contributed by atoms with E-state index in [0.717, 1.165) is 17.1 Å². The molecule has 79 heavy (non-hydrogen) atoms. The Morgan fingerprint density at radius 3 is 1.56 bits per heavy atom. The van der Waals surface area contributed by atoms with Crippen LogP contribution in [0, 0.1) is 0 Å². The Labute approximate surface area is 463 Å². The summed E-state index contributed by atoms with van der Waals surface area (Å²) in [6.45, 7) is 4.77. The van der Waals surface area contributed by atoms with Crippen molar-refractivity contribution in [2.75, 3.05) is 4.90 Å². The van der Waals surface area contributed by atoms with E-state index in [-0.39, 0.29) is 5.41 Å². The maximum absolute atomic E-state index is 2.61. The molecule has 0 saturated heterocycles. The molecule has 0 radical (unpaired) electrons. The average Bonchev–Trinajstić information content (AvgIpc) is 2.21. The Kier molecular flexibility index (Phi) is 9.30. The van der Waals surface area contributed by atoms with Gasteiger partial charge in [-0.2, -0.15) is 0 Å². The zero-order valence-electron chi connectivity index (χ0n) is 43.7. The standard InChI is InChI=1S/C76H50N2S/c1-75(2)62-28-14-9-23-54(62)57-40-38-52(44-65(57)75)77(51-36-33-49(34-37-51)47-19-5-3-6-20-47)53-39-41-59-66(45-53)76(63-29-15-10-24-55(63)56-25-11-16-30-64(56)76)67-46-70(74-73(72(59)67)60-27-13-18-32-71(60)79-74)78-68-31-17-12-26-58(68)61-43-50(35-42-69(61)78)48-21-7-4-8-22-48/h3-46H,1-2H3. The minimum atomic E-state index is -0.649. The number of hydrogen-bond acceptors (Lipinski definition) is 2. The number of hydrogen-bond donors (Lipinski definition) is 0. The van der Waals surface area contributed by atoms with Crippen LogP contribution in [0.1, 0.15) is 47.2 Å². The summed E-state index contributed by atoms with van der Waals surface area (Å²) >= 11 is 1.92. The van der Waals surface area contributed by atoms with E-state index in [4.69, 9.17) is 0 Å². The zero-order valence-corrected chi connectivity index (χ0v) is 44.5. The Morgan fingerprint density at radius 2 is 0.848 bits per heavy atom. The first-order chi connectivity index (χ1) is 38.9. The third-order valence-electron chi connectivity index (χ3n) is 18.0. The van der Waals surface area contributed by atoms with Crippen LogP contribution >= 0.6 is 11.3 Å². The van der Waals surface area contributed by atoms with Gasteiger partial charge in [0.25, 0.3) is 0 Å². The molecule has 2 nitrogen and oxygen atoms in total. The highest BCUT2D eigenvalue weighted by atomic mass is 32.1. The molecule has 3 aliphatic carbocycles. The maximum Gasteiger partial charge on any atom is 0.0727 e. The summed E-state index contributed by atoms with van der Waals surface area (Å²) in [4.78, 5) is 2.51. The summed E-state index contributed by atoms with van der Waals surface area (Å²) in [7, 11) is 0. The fourth-order valence-corrected chi connectivity index (χ4v) is 15.8. The topological polar surface area (TPSA) is 8.17 Å². The van der Waals surface area contributed by atoms with Crippen molar-refractivity contribution >= 4 is 70.4 Å². The van der Waals surface area contributed by atoms with Crippen LogP contribution in [0.2, 0.25) is 0 Å². The van der Waals surface area contributed by atoms with Gasteiger partial charge in [0, 0.05) is 48.7 Å². The van der Waals surface area contributed by atoms with Crippen molar-refractivity contribution in [3.63, 3.8) is 0 Å². The molecule has 17 rings (SSSR count). The molecule has 3 aliphatic rings. The SMILES string of the molecule is CC1(C)c2ccccc2-c2ccc(N(c3ccc(-c4ccccc4)cc3)c3ccc4c(c3)C3(c5ccccc5-c5ccccc53)c3cc(-n5c6ccccc6c6cc(-c7ccccc7)ccc65)c5sc6ccccc6c5c3-4)cc21. The van der Waals surface area contributed by atoms with Crippen LogP contribution in [0.4, 0.5) is 17.1 Å². The average molecular weight is 1020 g/mol. The van der Waals surface area contributed by atoms with E-state index in [1.54, 1.807) is 0 Å². The van der Waals surface area contributed by atoms with Gasteiger partial charge in [-0.3, -0.25) is 0 Å². The first-order valence-corrected chi connectivity index (χ1v) is 28.4. The van der Waals surface area contributed by atoms with Gasteiger partial charge in [0.05, 0.1) is 26.8 Å². The van der Waals surface area contributed by atoms with Crippen LogP contribution < -0.4 is 4.90 Å². The maximum atomic E-state index is 2.61. The molecule has 370 valence electrons. The van der Waals surface area contributed by atoms with Crippen molar-refractivity contribution < 1.29 is 0 Å². The van der Waals surface area contributed by atoms with Gasteiger partial charge >= 0.3 is 0 Å². The predicted octanol–water partition coefficient (Wildman–Crippen LogP) is 20.6. The van der Waals surface area contributed by atoms with Crippen molar-refractivity contribution in [2.24, 2.45) is 0 Å². The number of anilines is 3. The van der Waals surface area contributed by atoms with E-state index in [1.165, 1.54) is 137 Å². The summed E-state index contributed by atoms with van der Waals surface area (Å²) in [6, 6.07) is 101. The molecule has 0 bridgehead atoms. The van der Waals surface area contributed by atoms with Crippen molar-refractivity contribution in [3.8, 4) is 61.3 Å². The molecule has 1 spiro atoms. The molecule has 0 atom stereocenters. The van der Waals surface area contributed by atoms with E-state index >= 15 is 0 Å².